The molecule has 2 aliphatic heterocycles. The Kier molecular flexibility index (Phi) is 8.35. The third-order valence-corrected chi connectivity index (χ3v) is 8.12. The van der Waals surface area contributed by atoms with E-state index in [1.807, 2.05) is 91.0 Å². The maximum absolute atomic E-state index is 13.8. The van der Waals surface area contributed by atoms with Gasteiger partial charge in [-0.15, -0.1) is 0 Å². The third-order valence-electron chi connectivity index (χ3n) is 6.74. The van der Waals surface area contributed by atoms with Crippen LogP contribution < -0.4 is 5.32 Å². The summed E-state index contributed by atoms with van der Waals surface area (Å²) in [6.07, 6.45) is 0.652. The Morgan fingerprint density at radius 2 is 1.49 bits per heavy atom. The molecule has 2 amide bonds. The van der Waals surface area contributed by atoms with Crippen molar-refractivity contribution in [3.8, 4) is 0 Å². The Balaban J connectivity index is 1.43. The van der Waals surface area contributed by atoms with Crippen LogP contribution in [0, 0.1) is 0 Å². The molecule has 9 heteroatoms. The Labute approximate surface area is 242 Å². The van der Waals surface area contributed by atoms with E-state index in [4.69, 9.17) is 9.47 Å². The Hall–Kier alpha value is -4.63. The Bertz CT molecular complexity index is 1480. The van der Waals surface area contributed by atoms with Crippen molar-refractivity contribution >= 4 is 35.5 Å². The van der Waals surface area contributed by atoms with Crippen molar-refractivity contribution in [2.24, 2.45) is 0 Å². The molecule has 0 aromatic heterocycles. The summed E-state index contributed by atoms with van der Waals surface area (Å²) in [5.74, 6) is -1.97. The summed E-state index contributed by atoms with van der Waals surface area (Å²) in [5.41, 5.74) is 2.82. The zero-order valence-corrected chi connectivity index (χ0v) is 23.3. The number of carbonyl (C=O) groups is 4. The highest BCUT2D eigenvalue weighted by Crippen LogP contribution is 2.47. The molecule has 208 valence electrons. The lowest BCUT2D eigenvalue weighted by atomic mass is 10.0. The van der Waals surface area contributed by atoms with E-state index in [-0.39, 0.29) is 18.0 Å². The lowest BCUT2D eigenvalue weighted by Gasteiger charge is -2.50. The van der Waals surface area contributed by atoms with Gasteiger partial charge >= 0.3 is 11.9 Å². The average Bonchev–Trinajstić information content (AvgIpc) is 2.99. The lowest BCUT2D eigenvalue weighted by Crippen LogP contribution is -2.70. The van der Waals surface area contributed by atoms with Crippen molar-refractivity contribution in [2.75, 3.05) is 0 Å². The van der Waals surface area contributed by atoms with Crippen molar-refractivity contribution in [3.05, 3.63) is 130 Å². The predicted molar refractivity (Wildman–Crippen MR) is 154 cm³/mol. The molecule has 1 unspecified atom stereocenters. The second kappa shape index (κ2) is 12.3. The molecule has 3 aromatic carbocycles. The van der Waals surface area contributed by atoms with Crippen LogP contribution in [0.1, 0.15) is 36.6 Å². The van der Waals surface area contributed by atoms with Gasteiger partial charge in [-0.1, -0.05) is 103 Å². The third kappa shape index (κ3) is 6.10. The largest absolute Gasteiger partial charge is 0.448 e. The van der Waals surface area contributed by atoms with Crippen molar-refractivity contribution in [1.29, 1.82) is 0 Å². The highest BCUT2D eigenvalue weighted by atomic mass is 32.2. The number of carbonyl (C=O) groups excluding carboxylic acids is 4. The quantitative estimate of drug-likeness (QED) is 0.240. The summed E-state index contributed by atoms with van der Waals surface area (Å²) < 4.78 is 11.2. The van der Waals surface area contributed by atoms with Gasteiger partial charge in [0.25, 0.3) is 5.91 Å². The average molecular weight is 569 g/mol. The molecule has 3 aromatic rings. The fourth-order valence-corrected chi connectivity index (χ4v) is 6.00. The number of nitrogens with zero attached hydrogens (tertiary/aromatic N) is 1. The van der Waals surface area contributed by atoms with E-state index >= 15 is 0 Å². The number of hydrogen-bond donors (Lipinski definition) is 1. The van der Waals surface area contributed by atoms with Crippen LogP contribution >= 0.6 is 11.8 Å². The predicted octanol–water partition coefficient (Wildman–Crippen LogP) is 4.64. The minimum absolute atomic E-state index is 0.0440. The molecule has 41 heavy (non-hydrogen) atoms. The molecule has 0 radical (unpaired) electrons. The maximum Gasteiger partial charge on any atom is 0.356 e. The van der Waals surface area contributed by atoms with Crippen molar-refractivity contribution < 1.29 is 28.7 Å². The van der Waals surface area contributed by atoms with Crippen LogP contribution in [0.4, 0.5) is 0 Å². The van der Waals surface area contributed by atoms with Gasteiger partial charge in [0, 0.05) is 11.8 Å². The number of ether oxygens (including phenoxy) is 2. The number of β-lactam (4-membered cyclic amide) rings is 1. The standard InChI is InChI=1S/C32H28N2O6S/c1-20-25(19-39-21(2)35)41-31-27(33-26(36)18-22-12-6-3-7-13-22)30(37)34(31)28(20)32(38)40-29(23-14-8-4-9-15-23)24-16-10-5-11-17-24/h3-17,19,27,29,31H,18H2,1-2H3,(H,33,36)/b25-19+/t27?,31-/m1/s1. The number of esters is 2. The maximum atomic E-state index is 13.8. The second-order valence-corrected chi connectivity index (χ2v) is 10.8. The molecule has 2 aliphatic rings. The zero-order chi connectivity index (χ0) is 28.9. The number of allylic oxidation sites excluding steroid dienone is 1. The van der Waals surface area contributed by atoms with Gasteiger partial charge in [-0.3, -0.25) is 19.3 Å². The molecule has 1 saturated heterocycles. The summed E-state index contributed by atoms with van der Waals surface area (Å²) >= 11 is 1.23. The van der Waals surface area contributed by atoms with Gasteiger partial charge in [0.1, 0.15) is 23.4 Å². The molecular weight excluding hydrogens is 540 g/mol. The second-order valence-electron chi connectivity index (χ2n) is 9.60. The first-order valence-electron chi connectivity index (χ1n) is 13.1. The first-order chi connectivity index (χ1) is 19.8. The van der Waals surface area contributed by atoms with Crippen molar-refractivity contribution in [3.63, 3.8) is 0 Å². The van der Waals surface area contributed by atoms with Gasteiger partial charge in [-0.25, -0.2) is 4.79 Å². The van der Waals surface area contributed by atoms with Crippen LogP contribution in [0.25, 0.3) is 0 Å². The number of thioether (sulfide) groups is 1. The number of rotatable bonds is 8. The van der Waals surface area contributed by atoms with Gasteiger partial charge in [-0.05, 0) is 29.2 Å². The van der Waals surface area contributed by atoms with E-state index in [1.54, 1.807) is 6.92 Å². The van der Waals surface area contributed by atoms with Crippen LogP contribution in [-0.2, 0) is 35.1 Å². The van der Waals surface area contributed by atoms with Gasteiger partial charge < -0.3 is 14.8 Å². The fraction of sp³-hybridized carbons (Fsp3) is 0.188. The zero-order valence-electron chi connectivity index (χ0n) is 22.5. The van der Waals surface area contributed by atoms with E-state index in [9.17, 15) is 19.2 Å². The van der Waals surface area contributed by atoms with E-state index in [0.717, 1.165) is 16.7 Å². The molecule has 8 nitrogen and oxygen atoms in total. The minimum Gasteiger partial charge on any atom is -0.448 e. The molecule has 0 spiro atoms. The van der Waals surface area contributed by atoms with Crippen molar-refractivity contribution in [2.45, 2.75) is 37.8 Å². The molecule has 1 fully saturated rings. The molecule has 5 rings (SSSR count). The molecule has 2 heterocycles. The van der Waals surface area contributed by atoms with Crippen LogP contribution in [0.5, 0.6) is 0 Å². The Morgan fingerprint density at radius 1 is 0.927 bits per heavy atom. The van der Waals surface area contributed by atoms with Crippen molar-refractivity contribution in [1.82, 2.24) is 10.2 Å². The first-order valence-corrected chi connectivity index (χ1v) is 13.9. The van der Waals surface area contributed by atoms with E-state index < -0.39 is 35.4 Å². The summed E-state index contributed by atoms with van der Waals surface area (Å²) in [5, 5.41) is 2.18. The number of benzene rings is 3. The van der Waals surface area contributed by atoms with Gasteiger partial charge in [-0.2, -0.15) is 0 Å². The van der Waals surface area contributed by atoms with E-state index in [0.29, 0.717) is 10.5 Å². The smallest absolute Gasteiger partial charge is 0.356 e. The fourth-order valence-electron chi connectivity index (χ4n) is 4.73. The molecule has 2 atom stereocenters. The van der Waals surface area contributed by atoms with Gasteiger partial charge in [0.15, 0.2) is 6.10 Å². The summed E-state index contributed by atoms with van der Waals surface area (Å²) in [6.45, 7) is 2.94. The highest BCUT2D eigenvalue weighted by Gasteiger charge is 2.55. The first kappa shape index (κ1) is 27.9. The lowest BCUT2D eigenvalue weighted by molar-refractivity contribution is -0.154. The molecule has 1 N–H and O–H groups in total. The summed E-state index contributed by atoms with van der Waals surface area (Å²) in [4.78, 5) is 53.4. The number of nitrogens with one attached hydrogen (secondary N) is 1. The van der Waals surface area contributed by atoms with Gasteiger partial charge in [0.05, 0.1) is 6.42 Å². The molecular formula is C32H28N2O6S. The van der Waals surface area contributed by atoms with Crippen LogP contribution in [0.15, 0.2) is 113 Å². The Morgan fingerprint density at radius 3 is 2.05 bits per heavy atom. The number of hydrogen-bond acceptors (Lipinski definition) is 7. The monoisotopic (exact) mass is 568 g/mol. The SMILES string of the molecule is CC(=O)O/C=C1/S[C@@H]2C(NC(=O)Cc3ccccc3)C(=O)N2C(C(=O)OC(c2ccccc2)c2ccccc2)=C1C. The summed E-state index contributed by atoms with van der Waals surface area (Å²) in [6, 6.07) is 27.0. The van der Waals surface area contributed by atoms with Crippen LogP contribution in [-0.4, -0.2) is 40.1 Å². The molecule has 0 saturated carbocycles. The normalized spacial score (nSPS) is 19.0. The van der Waals surface area contributed by atoms with Crippen LogP contribution in [0.2, 0.25) is 0 Å². The molecule has 0 aliphatic carbocycles. The van der Waals surface area contributed by atoms with E-state index in [1.165, 1.54) is 29.8 Å². The highest BCUT2D eigenvalue weighted by molar-refractivity contribution is 8.04. The number of amides is 2. The van der Waals surface area contributed by atoms with E-state index in [2.05, 4.69) is 5.32 Å². The molecule has 0 bridgehead atoms. The van der Waals surface area contributed by atoms with Crippen LogP contribution in [0.3, 0.4) is 0 Å². The topological polar surface area (TPSA) is 102 Å². The minimum atomic E-state index is -0.869. The number of fused-ring (bicyclic) bond motifs is 1. The summed E-state index contributed by atoms with van der Waals surface area (Å²) in [7, 11) is 0. The van der Waals surface area contributed by atoms with Gasteiger partial charge in [0.2, 0.25) is 5.91 Å².